The number of hydrogen-bond donors (Lipinski definition) is 2. The van der Waals surface area contributed by atoms with Crippen molar-refractivity contribution in [3.63, 3.8) is 0 Å². The van der Waals surface area contributed by atoms with Gasteiger partial charge in [0.05, 0.1) is 17.8 Å². The molecule has 8 nitrogen and oxygen atoms in total. The fourth-order valence-corrected chi connectivity index (χ4v) is 5.40. The summed E-state index contributed by atoms with van der Waals surface area (Å²) in [4.78, 5) is 50.6. The lowest BCUT2D eigenvalue weighted by molar-refractivity contribution is -0.139. The number of rotatable bonds is 8. The van der Waals surface area contributed by atoms with Gasteiger partial charge in [-0.2, -0.15) is 0 Å². The monoisotopic (exact) mass is 509 g/mol. The third kappa shape index (κ3) is 6.21. The van der Waals surface area contributed by atoms with Crippen LogP contribution in [0.1, 0.15) is 85.5 Å². The smallest absolute Gasteiger partial charge is 0.246 e. The predicted molar refractivity (Wildman–Crippen MR) is 137 cm³/mol. The maximum atomic E-state index is 14.0. The van der Waals surface area contributed by atoms with E-state index < -0.39 is 17.9 Å². The fraction of sp³-hybridized carbons (Fsp3) is 0.536. The van der Waals surface area contributed by atoms with E-state index in [0.717, 1.165) is 38.5 Å². The number of likely N-dealkylation sites (tertiary alicyclic amines) is 1. The minimum Gasteiger partial charge on any atom is -0.343 e. The van der Waals surface area contributed by atoms with Gasteiger partial charge in [0.1, 0.15) is 23.4 Å². The number of ketones is 1. The van der Waals surface area contributed by atoms with Crippen LogP contribution in [0.3, 0.4) is 0 Å². The lowest BCUT2D eigenvalue weighted by Gasteiger charge is -2.35. The number of nitrogens with zero attached hydrogens (tertiary/aromatic N) is 3. The average Bonchev–Trinajstić information content (AvgIpc) is 3.41. The Morgan fingerprint density at radius 3 is 2.41 bits per heavy atom. The van der Waals surface area contributed by atoms with Crippen LogP contribution in [-0.2, 0) is 9.59 Å². The molecule has 2 fully saturated rings. The van der Waals surface area contributed by atoms with E-state index in [-0.39, 0.29) is 35.3 Å². The number of carbonyl (C=O) groups excluding carboxylic acids is 3. The van der Waals surface area contributed by atoms with E-state index in [1.54, 1.807) is 27.0 Å². The molecule has 3 atom stereocenters. The normalized spacial score (nSPS) is 19.9. The zero-order chi connectivity index (χ0) is 26.5. The van der Waals surface area contributed by atoms with Gasteiger partial charge in [-0.05, 0) is 82.8 Å². The molecule has 4 rings (SSSR count). The summed E-state index contributed by atoms with van der Waals surface area (Å²) in [6.07, 6.45) is 6.59. The van der Waals surface area contributed by atoms with Gasteiger partial charge in [-0.1, -0.05) is 19.3 Å². The first-order valence-electron chi connectivity index (χ1n) is 13.2. The van der Waals surface area contributed by atoms with Crippen LogP contribution in [0.15, 0.2) is 30.3 Å². The Morgan fingerprint density at radius 1 is 1.03 bits per heavy atom. The third-order valence-electron chi connectivity index (χ3n) is 7.59. The van der Waals surface area contributed by atoms with Gasteiger partial charge in [-0.25, -0.2) is 14.4 Å². The van der Waals surface area contributed by atoms with Gasteiger partial charge in [-0.3, -0.25) is 14.4 Å². The highest BCUT2D eigenvalue weighted by atomic mass is 19.1. The second-order valence-electron chi connectivity index (χ2n) is 10.1. The Bertz CT molecular complexity index is 1130. The number of carbonyl (C=O) groups is 3. The number of amides is 2. The molecule has 2 N–H and O–H groups in total. The topological polar surface area (TPSA) is 104 Å². The van der Waals surface area contributed by atoms with Crippen LogP contribution in [0, 0.1) is 18.7 Å². The van der Waals surface area contributed by atoms with Crippen molar-refractivity contribution in [1.29, 1.82) is 0 Å². The van der Waals surface area contributed by atoms with E-state index in [2.05, 4.69) is 20.6 Å². The first-order valence-corrected chi connectivity index (χ1v) is 13.2. The van der Waals surface area contributed by atoms with Gasteiger partial charge in [-0.15, -0.1) is 0 Å². The van der Waals surface area contributed by atoms with Crippen LogP contribution in [0.2, 0.25) is 0 Å². The molecule has 198 valence electrons. The molecule has 1 saturated carbocycles. The number of aromatic nitrogens is 2. The predicted octanol–water partition coefficient (Wildman–Crippen LogP) is 3.49. The highest BCUT2D eigenvalue weighted by Gasteiger charge is 2.39. The quantitative estimate of drug-likeness (QED) is 0.528. The van der Waals surface area contributed by atoms with Gasteiger partial charge < -0.3 is 15.5 Å². The Kier molecular flexibility index (Phi) is 8.63. The van der Waals surface area contributed by atoms with E-state index in [9.17, 15) is 18.8 Å². The summed E-state index contributed by atoms with van der Waals surface area (Å²) in [7, 11) is 1.72. The minimum absolute atomic E-state index is 0.0891. The third-order valence-corrected chi connectivity index (χ3v) is 7.59. The number of likely N-dealkylation sites (N-methyl/N-ethyl adjacent to an activating group) is 1. The molecule has 1 aliphatic heterocycles. The van der Waals surface area contributed by atoms with Crippen molar-refractivity contribution < 1.29 is 18.8 Å². The minimum atomic E-state index is -0.590. The van der Waals surface area contributed by atoms with Gasteiger partial charge >= 0.3 is 0 Å². The summed E-state index contributed by atoms with van der Waals surface area (Å²) in [6, 6.07) is 5.70. The molecule has 37 heavy (non-hydrogen) atoms. The number of nitrogens with one attached hydrogen (secondary N) is 2. The summed E-state index contributed by atoms with van der Waals surface area (Å²) in [5, 5.41) is 5.99. The molecule has 9 heteroatoms. The van der Waals surface area contributed by atoms with Crippen molar-refractivity contribution in [3.05, 3.63) is 58.9 Å². The van der Waals surface area contributed by atoms with Crippen LogP contribution in [0.5, 0.6) is 0 Å². The lowest BCUT2D eigenvalue weighted by atomic mass is 9.83. The molecular weight excluding hydrogens is 473 g/mol. The molecule has 2 amide bonds. The van der Waals surface area contributed by atoms with Crippen molar-refractivity contribution in [2.45, 2.75) is 76.9 Å². The Labute approximate surface area is 217 Å². The van der Waals surface area contributed by atoms with Crippen LogP contribution < -0.4 is 10.6 Å². The number of hydrogen-bond acceptors (Lipinski definition) is 6. The van der Waals surface area contributed by atoms with Crippen LogP contribution in [0.4, 0.5) is 4.39 Å². The zero-order valence-corrected chi connectivity index (χ0v) is 21.8. The number of benzene rings is 1. The molecule has 0 bridgehead atoms. The molecule has 2 aliphatic rings. The number of halogens is 1. The van der Waals surface area contributed by atoms with Crippen molar-refractivity contribution in [2.75, 3.05) is 13.6 Å². The average molecular weight is 510 g/mol. The second kappa shape index (κ2) is 11.9. The van der Waals surface area contributed by atoms with Crippen LogP contribution in [0.25, 0.3) is 0 Å². The number of aryl methyl sites for hydroxylation is 1. The highest BCUT2D eigenvalue weighted by Crippen LogP contribution is 2.35. The lowest BCUT2D eigenvalue weighted by Crippen LogP contribution is -2.55. The van der Waals surface area contributed by atoms with E-state index in [4.69, 9.17) is 0 Å². The Morgan fingerprint density at radius 2 is 1.73 bits per heavy atom. The first kappa shape index (κ1) is 26.9. The molecule has 2 aromatic rings. The summed E-state index contributed by atoms with van der Waals surface area (Å²) >= 11 is 0. The van der Waals surface area contributed by atoms with Gasteiger partial charge in [0, 0.05) is 12.1 Å². The second-order valence-corrected chi connectivity index (χ2v) is 10.1. The molecule has 1 saturated heterocycles. The fourth-order valence-electron chi connectivity index (χ4n) is 5.40. The SMILES string of the molecule is CNC(C)C(=O)NC(C(=O)N1CCC[C@H]1c1cc(C(=O)c2ccc(F)cc2)nc(C)n1)C1CCCCC1. The van der Waals surface area contributed by atoms with Gasteiger partial charge in [0.2, 0.25) is 17.6 Å². The Hall–Kier alpha value is -3.20. The summed E-state index contributed by atoms with van der Waals surface area (Å²) in [5.74, 6) is -0.489. The highest BCUT2D eigenvalue weighted by molar-refractivity contribution is 6.07. The standard InChI is InChI=1S/C28H36FN5O3/c1-17(30-3)27(36)33-25(19-8-5-4-6-9-19)28(37)34-15-7-10-24(34)22-16-23(32-18(2)31-22)26(35)20-11-13-21(29)14-12-20/h11-14,16-17,19,24-25,30H,4-10,15H2,1-3H3,(H,33,36)/t17?,24-,25?/m0/s1. The van der Waals surface area contributed by atoms with Crippen molar-refractivity contribution in [3.8, 4) is 0 Å². The summed E-state index contributed by atoms with van der Waals surface area (Å²) in [5.41, 5.74) is 1.16. The van der Waals surface area contributed by atoms with Crippen molar-refractivity contribution in [1.82, 2.24) is 25.5 Å². The van der Waals surface area contributed by atoms with Crippen molar-refractivity contribution in [2.24, 2.45) is 5.92 Å². The maximum Gasteiger partial charge on any atom is 0.246 e. The van der Waals surface area contributed by atoms with E-state index in [1.807, 2.05) is 4.90 Å². The molecule has 1 aromatic carbocycles. The molecule has 0 spiro atoms. The van der Waals surface area contributed by atoms with Gasteiger partial charge in [0.15, 0.2) is 0 Å². The molecular formula is C28H36FN5O3. The van der Waals surface area contributed by atoms with Crippen molar-refractivity contribution >= 4 is 17.6 Å². The van der Waals surface area contributed by atoms with Gasteiger partial charge in [0.25, 0.3) is 0 Å². The van der Waals surface area contributed by atoms with E-state index in [1.165, 1.54) is 24.3 Å². The largest absolute Gasteiger partial charge is 0.343 e. The van der Waals surface area contributed by atoms with E-state index in [0.29, 0.717) is 30.0 Å². The Balaban J connectivity index is 1.60. The van der Waals surface area contributed by atoms with Crippen LogP contribution in [-0.4, -0.2) is 58.1 Å². The maximum absolute atomic E-state index is 14.0. The molecule has 1 aliphatic carbocycles. The molecule has 2 heterocycles. The molecule has 1 aromatic heterocycles. The zero-order valence-electron chi connectivity index (χ0n) is 21.8. The van der Waals surface area contributed by atoms with E-state index >= 15 is 0 Å². The molecule has 2 unspecified atom stereocenters. The van der Waals surface area contributed by atoms with Crippen LogP contribution >= 0.6 is 0 Å². The first-order chi connectivity index (χ1) is 17.8. The summed E-state index contributed by atoms with van der Waals surface area (Å²) in [6.45, 7) is 4.06. The molecule has 0 radical (unpaired) electrons. The summed E-state index contributed by atoms with van der Waals surface area (Å²) < 4.78 is 13.3.